The lowest BCUT2D eigenvalue weighted by Gasteiger charge is -2.34. The van der Waals surface area contributed by atoms with Crippen LogP contribution >= 0.6 is 0 Å². The third-order valence-electron chi connectivity index (χ3n) is 8.01. The number of carboxylic acid groups (broad SMARTS) is 1. The second kappa shape index (κ2) is 31.6. The number of hydrogen-bond acceptors (Lipinski definition) is 7. The zero-order valence-corrected chi connectivity index (χ0v) is 31.1. The van der Waals surface area contributed by atoms with Crippen molar-refractivity contribution in [3.63, 3.8) is 0 Å². The molecule has 0 aliphatic rings. The second-order valence-electron chi connectivity index (χ2n) is 13.5. The highest BCUT2D eigenvalue weighted by molar-refractivity contribution is 5.70. The van der Waals surface area contributed by atoms with Gasteiger partial charge in [0.2, 0.25) is 0 Å². The SMILES string of the molecule is CC/C=C/C=C/C=C/CCCCCCCC(=O)OCC(COCCC(C(=O)[O-])[N+](C)(C)C)OC(=O)CCCCCCC/C=C/CCCC. The number of rotatable bonds is 32. The molecule has 0 saturated carbocycles. The third-order valence-corrected chi connectivity index (χ3v) is 8.01. The van der Waals surface area contributed by atoms with E-state index in [9.17, 15) is 19.5 Å². The van der Waals surface area contributed by atoms with Crippen LogP contribution in [0, 0.1) is 0 Å². The summed E-state index contributed by atoms with van der Waals surface area (Å²) in [5.41, 5.74) is 0. The lowest BCUT2D eigenvalue weighted by atomic mass is 10.1. The first kappa shape index (κ1) is 45.3. The molecule has 0 saturated heterocycles. The summed E-state index contributed by atoms with van der Waals surface area (Å²) >= 11 is 0. The molecule has 2 unspecified atom stereocenters. The normalized spacial score (nSPS) is 13.6. The summed E-state index contributed by atoms with van der Waals surface area (Å²) in [5, 5.41) is 11.6. The molecular formula is C40H69NO7. The van der Waals surface area contributed by atoms with Crippen molar-refractivity contribution in [3.05, 3.63) is 48.6 Å². The largest absolute Gasteiger partial charge is 0.544 e. The van der Waals surface area contributed by atoms with E-state index in [4.69, 9.17) is 14.2 Å². The molecule has 0 amide bonds. The summed E-state index contributed by atoms with van der Waals surface area (Å²) in [6.45, 7) is 4.43. The van der Waals surface area contributed by atoms with Crippen LogP contribution < -0.4 is 5.11 Å². The van der Waals surface area contributed by atoms with E-state index in [1.54, 1.807) is 21.1 Å². The zero-order valence-electron chi connectivity index (χ0n) is 31.1. The minimum Gasteiger partial charge on any atom is -0.544 e. The van der Waals surface area contributed by atoms with Gasteiger partial charge in [-0.05, 0) is 51.4 Å². The molecule has 48 heavy (non-hydrogen) atoms. The molecule has 2 atom stereocenters. The van der Waals surface area contributed by atoms with Crippen molar-refractivity contribution < 1.29 is 38.2 Å². The number of esters is 2. The molecule has 0 heterocycles. The summed E-state index contributed by atoms with van der Waals surface area (Å²) in [7, 11) is 5.38. The highest BCUT2D eigenvalue weighted by atomic mass is 16.6. The summed E-state index contributed by atoms with van der Waals surface area (Å²) in [4.78, 5) is 36.6. The van der Waals surface area contributed by atoms with Gasteiger partial charge in [0.05, 0.1) is 40.3 Å². The Hall–Kier alpha value is -2.71. The molecule has 0 rings (SSSR count). The molecule has 8 heteroatoms. The van der Waals surface area contributed by atoms with Gasteiger partial charge in [0.1, 0.15) is 12.6 Å². The van der Waals surface area contributed by atoms with Gasteiger partial charge in [-0.3, -0.25) is 9.59 Å². The first-order valence-corrected chi connectivity index (χ1v) is 18.7. The lowest BCUT2D eigenvalue weighted by Crippen LogP contribution is -2.55. The number of carbonyl (C=O) groups is 3. The van der Waals surface area contributed by atoms with Crippen LogP contribution in [0.5, 0.6) is 0 Å². The molecule has 0 spiro atoms. The number of carbonyl (C=O) groups excluding carboxylic acids is 3. The van der Waals surface area contributed by atoms with Crippen LogP contribution in [0.25, 0.3) is 0 Å². The summed E-state index contributed by atoms with van der Waals surface area (Å²) in [6, 6.07) is -0.729. The van der Waals surface area contributed by atoms with Crippen LogP contribution in [-0.2, 0) is 28.6 Å². The molecule has 0 radical (unpaired) electrons. The first-order chi connectivity index (χ1) is 23.1. The predicted molar refractivity (Wildman–Crippen MR) is 194 cm³/mol. The Morgan fingerprint density at radius 1 is 0.646 bits per heavy atom. The van der Waals surface area contributed by atoms with Crippen molar-refractivity contribution in [2.75, 3.05) is 41.0 Å². The topological polar surface area (TPSA) is 102 Å². The Bertz CT molecular complexity index is 932. The Balaban J connectivity index is 4.48. The fourth-order valence-electron chi connectivity index (χ4n) is 5.05. The van der Waals surface area contributed by atoms with Gasteiger partial charge in [0.15, 0.2) is 6.10 Å². The van der Waals surface area contributed by atoms with Crippen LogP contribution in [0.1, 0.15) is 136 Å². The maximum absolute atomic E-state index is 12.6. The third kappa shape index (κ3) is 29.4. The molecule has 0 N–H and O–H groups in total. The first-order valence-electron chi connectivity index (χ1n) is 18.7. The number of likely N-dealkylation sites (N-methyl/N-ethyl adjacent to an activating group) is 1. The van der Waals surface area contributed by atoms with Crippen molar-refractivity contribution >= 4 is 17.9 Å². The van der Waals surface area contributed by atoms with E-state index in [-0.39, 0.29) is 42.7 Å². The van der Waals surface area contributed by atoms with Gasteiger partial charge in [-0.15, -0.1) is 0 Å². The molecule has 0 aromatic rings. The van der Waals surface area contributed by atoms with E-state index in [2.05, 4.69) is 50.3 Å². The summed E-state index contributed by atoms with van der Waals surface area (Å²) < 4.78 is 17.0. The van der Waals surface area contributed by atoms with Gasteiger partial charge in [-0.25, -0.2) is 0 Å². The van der Waals surface area contributed by atoms with Gasteiger partial charge in [-0.2, -0.15) is 0 Å². The maximum Gasteiger partial charge on any atom is 0.306 e. The highest BCUT2D eigenvalue weighted by Crippen LogP contribution is 2.12. The van der Waals surface area contributed by atoms with Gasteiger partial charge >= 0.3 is 11.9 Å². The molecule has 0 fully saturated rings. The fourth-order valence-corrected chi connectivity index (χ4v) is 5.05. The van der Waals surface area contributed by atoms with Gasteiger partial charge < -0.3 is 28.6 Å². The van der Waals surface area contributed by atoms with Crippen LogP contribution in [0.15, 0.2) is 48.6 Å². The number of ether oxygens (including phenoxy) is 3. The summed E-state index contributed by atoms with van der Waals surface area (Å²) in [5.74, 6) is -1.78. The van der Waals surface area contributed by atoms with E-state index < -0.39 is 18.1 Å². The van der Waals surface area contributed by atoms with Crippen molar-refractivity contribution in [1.29, 1.82) is 0 Å². The number of allylic oxidation sites excluding steroid dienone is 8. The molecular weight excluding hydrogens is 606 g/mol. The molecule has 276 valence electrons. The van der Waals surface area contributed by atoms with E-state index in [1.807, 2.05) is 12.2 Å². The van der Waals surface area contributed by atoms with Crippen LogP contribution in [0.2, 0.25) is 0 Å². The standard InChI is InChI=1S/C40H69NO7/c1-6-8-10-12-14-16-18-19-21-22-24-26-28-30-38(42)47-35-36(34-46-33-32-37(40(44)45)41(3,4)5)48-39(43)31-29-27-25-23-20-17-15-13-11-9-7-2/h8,10,12-16,18,36-37H,6-7,9,11,17,19-35H2,1-5H3/b10-8+,14-12+,15-13+,18-16+. The monoisotopic (exact) mass is 676 g/mol. The zero-order chi connectivity index (χ0) is 35.7. The average molecular weight is 676 g/mol. The second-order valence-corrected chi connectivity index (χ2v) is 13.5. The molecule has 0 aromatic heterocycles. The van der Waals surface area contributed by atoms with Crippen molar-refractivity contribution in [3.8, 4) is 0 Å². The smallest absolute Gasteiger partial charge is 0.306 e. The minimum atomic E-state index is -1.13. The van der Waals surface area contributed by atoms with Gasteiger partial charge in [0, 0.05) is 19.3 Å². The molecule has 0 aliphatic carbocycles. The predicted octanol–water partition coefficient (Wildman–Crippen LogP) is 7.96. The Morgan fingerprint density at radius 3 is 1.77 bits per heavy atom. The fraction of sp³-hybridized carbons (Fsp3) is 0.725. The van der Waals surface area contributed by atoms with Crippen LogP contribution in [-0.4, -0.2) is 75.5 Å². The van der Waals surface area contributed by atoms with Crippen molar-refractivity contribution in [1.82, 2.24) is 0 Å². The number of quaternary nitrogens is 1. The number of hydrogen-bond donors (Lipinski definition) is 0. The Kier molecular flexibility index (Phi) is 29.8. The van der Waals surface area contributed by atoms with E-state index in [0.29, 0.717) is 12.8 Å². The highest BCUT2D eigenvalue weighted by Gasteiger charge is 2.25. The minimum absolute atomic E-state index is 0.0291. The quantitative estimate of drug-likeness (QED) is 0.0234. The molecule has 0 aromatic carbocycles. The number of carboxylic acids is 1. The van der Waals surface area contributed by atoms with E-state index in [1.165, 1.54) is 12.8 Å². The maximum atomic E-state index is 12.6. The number of unbranched alkanes of at least 4 members (excludes halogenated alkanes) is 12. The van der Waals surface area contributed by atoms with Crippen LogP contribution in [0.3, 0.4) is 0 Å². The number of aliphatic carboxylic acids is 1. The van der Waals surface area contributed by atoms with E-state index in [0.717, 1.165) is 89.9 Å². The van der Waals surface area contributed by atoms with Crippen LogP contribution in [0.4, 0.5) is 0 Å². The Labute approximate surface area is 293 Å². The summed E-state index contributed by atoms with van der Waals surface area (Å²) in [6.07, 6.45) is 34.2. The molecule has 0 bridgehead atoms. The Morgan fingerprint density at radius 2 is 1.19 bits per heavy atom. The number of nitrogens with zero attached hydrogens (tertiary/aromatic N) is 1. The average Bonchev–Trinajstić information content (AvgIpc) is 3.03. The van der Waals surface area contributed by atoms with E-state index >= 15 is 0 Å². The van der Waals surface area contributed by atoms with Crippen molar-refractivity contribution in [2.45, 2.75) is 148 Å². The molecule has 0 aliphatic heterocycles. The van der Waals surface area contributed by atoms with Gasteiger partial charge in [0.25, 0.3) is 0 Å². The molecule has 8 nitrogen and oxygen atoms in total. The van der Waals surface area contributed by atoms with Crippen molar-refractivity contribution in [2.24, 2.45) is 0 Å². The lowest BCUT2D eigenvalue weighted by molar-refractivity contribution is -0.889. The van der Waals surface area contributed by atoms with Gasteiger partial charge in [-0.1, -0.05) is 114 Å².